The van der Waals surface area contributed by atoms with Gasteiger partial charge >= 0.3 is 0 Å². The predicted octanol–water partition coefficient (Wildman–Crippen LogP) is 2.48. The molecule has 4 nitrogen and oxygen atoms in total. The molecule has 0 spiro atoms. The van der Waals surface area contributed by atoms with Crippen molar-refractivity contribution in [2.75, 3.05) is 31.9 Å². The van der Waals surface area contributed by atoms with Gasteiger partial charge in [0.1, 0.15) is 0 Å². The molecule has 1 fully saturated rings. The van der Waals surface area contributed by atoms with Gasteiger partial charge in [-0.2, -0.15) is 0 Å². The summed E-state index contributed by atoms with van der Waals surface area (Å²) in [4.78, 5) is 17.6. The zero-order valence-corrected chi connectivity index (χ0v) is 15.1. The zero-order chi connectivity index (χ0) is 17.5. The van der Waals surface area contributed by atoms with E-state index in [0.29, 0.717) is 25.4 Å². The molecule has 1 amide bonds. The lowest BCUT2D eigenvalue weighted by atomic mass is 10.2. The second kappa shape index (κ2) is 9.04. The summed E-state index contributed by atoms with van der Waals surface area (Å²) in [7, 11) is 0. The lowest BCUT2D eigenvalue weighted by molar-refractivity contribution is -0.129. The molecule has 5 heteroatoms. The molecule has 2 aromatic rings. The molecule has 3 rings (SSSR count). The van der Waals surface area contributed by atoms with Crippen LogP contribution in [0.15, 0.2) is 65.6 Å². The molecule has 1 saturated heterocycles. The first-order chi connectivity index (χ1) is 12.2. The molecule has 1 aliphatic rings. The van der Waals surface area contributed by atoms with Crippen LogP contribution in [0.5, 0.6) is 0 Å². The molecule has 2 aromatic carbocycles. The summed E-state index contributed by atoms with van der Waals surface area (Å²) in [6.07, 6.45) is -0.503. The molecule has 132 valence electrons. The minimum atomic E-state index is -0.503. The van der Waals surface area contributed by atoms with Gasteiger partial charge in [-0.25, -0.2) is 0 Å². The number of nitrogens with zero attached hydrogens (tertiary/aromatic N) is 2. The van der Waals surface area contributed by atoms with Crippen LogP contribution in [0.1, 0.15) is 5.56 Å². The highest BCUT2D eigenvalue weighted by molar-refractivity contribution is 8.00. The first-order valence-electron chi connectivity index (χ1n) is 8.60. The molecule has 1 aliphatic heterocycles. The van der Waals surface area contributed by atoms with Gasteiger partial charge in [0.25, 0.3) is 0 Å². The van der Waals surface area contributed by atoms with Crippen molar-refractivity contribution in [2.45, 2.75) is 17.5 Å². The molecule has 0 aromatic heterocycles. The first kappa shape index (κ1) is 18.0. The number of rotatable bonds is 5. The average molecular weight is 356 g/mol. The lowest BCUT2D eigenvalue weighted by Crippen LogP contribution is -2.38. The SMILES string of the molecule is O=C(CSc1ccccc1)N1CCN(Cc2ccccc2)C[C@@H](O)C1. The Balaban J connectivity index is 1.52. The van der Waals surface area contributed by atoms with Crippen LogP contribution >= 0.6 is 11.8 Å². The monoisotopic (exact) mass is 356 g/mol. The Morgan fingerprint density at radius 3 is 2.40 bits per heavy atom. The molecule has 0 saturated carbocycles. The van der Waals surface area contributed by atoms with E-state index in [4.69, 9.17) is 0 Å². The summed E-state index contributed by atoms with van der Waals surface area (Å²) in [5, 5.41) is 10.3. The van der Waals surface area contributed by atoms with Gasteiger partial charge < -0.3 is 10.0 Å². The standard InChI is InChI=1S/C20H24N2O2S/c23-18-14-21(13-17-7-3-1-4-8-17)11-12-22(15-18)20(24)16-25-19-9-5-2-6-10-19/h1-10,18,23H,11-16H2/t18-/m1/s1. The highest BCUT2D eigenvalue weighted by Crippen LogP contribution is 2.18. The summed E-state index contributed by atoms with van der Waals surface area (Å²) in [5.74, 6) is 0.504. The molecule has 0 unspecified atom stereocenters. The largest absolute Gasteiger partial charge is 0.390 e. The van der Waals surface area contributed by atoms with E-state index >= 15 is 0 Å². The Bertz CT molecular complexity index is 666. The fourth-order valence-corrected chi connectivity index (χ4v) is 3.84. The van der Waals surface area contributed by atoms with Gasteiger partial charge in [0.05, 0.1) is 11.9 Å². The van der Waals surface area contributed by atoms with Crippen molar-refractivity contribution in [3.05, 3.63) is 66.2 Å². The van der Waals surface area contributed by atoms with Crippen LogP contribution < -0.4 is 0 Å². The smallest absolute Gasteiger partial charge is 0.233 e. The van der Waals surface area contributed by atoms with Crippen molar-refractivity contribution >= 4 is 17.7 Å². The Morgan fingerprint density at radius 1 is 1.00 bits per heavy atom. The number of hydrogen-bond donors (Lipinski definition) is 1. The van der Waals surface area contributed by atoms with E-state index in [1.807, 2.05) is 48.5 Å². The fraction of sp³-hybridized carbons (Fsp3) is 0.350. The summed E-state index contributed by atoms with van der Waals surface area (Å²) in [6, 6.07) is 20.2. The van der Waals surface area contributed by atoms with Crippen LogP contribution in [0.4, 0.5) is 0 Å². The molecule has 0 aliphatic carbocycles. The number of carbonyl (C=O) groups is 1. The number of carbonyl (C=O) groups excluding carboxylic acids is 1. The van der Waals surface area contributed by atoms with E-state index in [-0.39, 0.29) is 5.91 Å². The van der Waals surface area contributed by atoms with Crippen molar-refractivity contribution in [3.8, 4) is 0 Å². The summed E-state index contributed by atoms with van der Waals surface area (Å²) < 4.78 is 0. The Morgan fingerprint density at radius 2 is 1.68 bits per heavy atom. The van der Waals surface area contributed by atoms with Crippen LogP contribution in [-0.4, -0.2) is 58.8 Å². The molecule has 1 N–H and O–H groups in total. The van der Waals surface area contributed by atoms with Crippen molar-refractivity contribution in [1.82, 2.24) is 9.80 Å². The van der Waals surface area contributed by atoms with E-state index in [0.717, 1.165) is 18.0 Å². The molecule has 25 heavy (non-hydrogen) atoms. The van der Waals surface area contributed by atoms with Crippen molar-refractivity contribution < 1.29 is 9.90 Å². The van der Waals surface area contributed by atoms with Crippen molar-refractivity contribution in [3.63, 3.8) is 0 Å². The maximum Gasteiger partial charge on any atom is 0.233 e. The summed E-state index contributed by atoms with van der Waals surface area (Å²) in [5.41, 5.74) is 1.23. The van der Waals surface area contributed by atoms with Gasteiger partial charge in [-0.05, 0) is 17.7 Å². The number of β-amino-alcohol motifs (C(OH)–C–C–N with tert-alkyl or cyclic N) is 1. The Hall–Kier alpha value is -1.82. The number of hydrogen-bond acceptors (Lipinski definition) is 4. The topological polar surface area (TPSA) is 43.8 Å². The minimum absolute atomic E-state index is 0.0921. The average Bonchev–Trinajstić information content (AvgIpc) is 2.82. The highest BCUT2D eigenvalue weighted by Gasteiger charge is 2.24. The van der Waals surface area contributed by atoms with Gasteiger partial charge in [-0.3, -0.25) is 9.69 Å². The van der Waals surface area contributed by atoms with Gasteiger partial charge in [0.2, 0.25) is 5.91 Å². The van der Waals surface area contributed by atoms with Gasteiger partial charge in [-0.1, -0.05) is 48.5 Å². The van der Waals surface area contributed by atoms with Crippen molar-refractivity contribution in [2.24, 2.45) is 0 Å². The number of benzene rings is 2. The fourth-order valence-electron chi connectivity index (χ4n) is 3.02. The molecule has 1 heterocycles. The third kappa shape index (κ3) is 5.59. The summed E-state index contributed by atoms with van der Waals surface area (Å²) >= 11 is 1.55. The van der Waals surface area contributed by atoms with Crippen LogP contribution in [-0.2, 0) is 11.3 Å². The maximum absolute atomic E-state index is 12.5. The van der Waals surface area contributed by atoms with E-state index in [9.17, 15) is 9.90 Å². The second-order valence-corrected chi connectivity index (χ2v) is 7.36. The van der Waals surface area contributed by atoms with Gasteiger partial charge in [0, 0.05) is 37.6 Å². The number of aliphatic hydroxyl groups excluding tert-OH is 1. The van der Waals surface area contributed by atoms with Crippen LogP contribution in [0.3, 0.4) is 0 Å². The highest BCUT2D eigenvalue weighted by atomic mass is 32.2. The molecular formula is C20H24N2O2S. The minimum Gasteiger partial charge on any atom is -0.390 e. The van der Waals surface area contributed by atoms with Crippen molar-refractivity contribution in [1.29, 1.82) is 0 Å². The molecule has 0 bridgehead atoms. The number of amides is 1. The normalized spacial score (nSPS) is 18.8. The van der Waals surface area contributed by atoms with Crippen LogP contribution in [0.25, 0.3) is 0 Å². The van der Waals surface area contributed by atoms with Crippen LogP contribution in [0.2, 0.25) is 0 Å². The van der Waals surface area contributed by atoms with E-state index < -0.39 is 6.10 Å². The first-order valence-corrected chi connectivity index (χ1v) is 9.59. The number of aliphatic hydroxyl groups is 1. The van der Waals surface area contributed by atoms with E-state index in [2.05, 4.69) is 17.0 Å². The van der Waals surface area contributed by atoms with E-state index in [1.54, 1.807) is 16.7 Å². The molecule has 1 atom stereocenters. The quantitative estimate of drug-likeness (QED) is 0.836. The Kier molecular flexibility index (Phi) is 6.50. The molecular weight excluding hydrogens is 332 g/mol. The maximum atomic E-state index is 12.5. The van der Waals surface area contributed by atoms with Gasteiger partial charge in [0.15, 0.2) is 0 Å². The summed E-state index contributed by atoms with van der Waals surface area (Å²) in [6.45, 7) is 3.27. The number of thioether (sulfide) groups is 1. The third-order valence-corrected chi connectivity index (χ3v) is 5.29. The Labute approximate surface area is 153 Å². The predicted molar refractivity (Wildman–Crippen MR) is 101 cm³/mol. The van der Waals surface area contributed by atoms with Gasteiger partial charge in [-0.15, -0.1) is 11.8 Å². The molecule has 0 radical (unpaired) electrons. The zero-order valence-electron chi connectivity index (χ0n) is 14.3. The second-order valence-electron chi connectivity index (χ2n) is 6.32. The lowest BCUT2D eigenvalue weighted by Gasteiger charge is -2.21. The third-order valence-electron chi connectivity index (χ3n) is 4.29. The van der Waals surface area contributed by atoms with E-state index in [1.165, 1.54) is 5.56 Å². The van der Waals surface area contributed by atoms with Crippen LogP contribution in [0, 0.1) is 0 Å².